The molecule has 0 atom stereocenters. The lowest BCUT2D eigenvalue weighted by Gasteiger charge is -2.09. The van der Waals surface area contributed by atoms with Crippen LogP contribution in [-0.4, -0.2) is 16.5 Å². The average Bonchev–Trinajstić information content (AvgIpc) is 2.66. The first-order chi connectivity index (χ1) is 12.7. The van der Waals surface area contributed by atoms with E-state index in [2.05, 4.69) is 52.6 Å². The normalized spacial score (nSPS) is 12.0. The van der Waals surface area contributed by atoms with Crippen molar-refractivity contribution in [2.75, 3.05) is 11.9 Å². The van der Waals surface area contributed by atoms with Crippen LogP contribution in [0, 0.1) is 0 Å². The van der Waals surface area contributed by atoms with E-state index in [4.69, 9.17) is 0 Å². The minimum absolute atomic E-state index is 0.0878. The summed E-state index contributed by atoms with van der Waals surface area (Å²) in [7, 11) is 0. The van der Waals surface area contributed by atoms with Gasteiger partial charge in [-0.1, -0.05) is 31.2 Å². The number of allylic oxidation sites excluding steroid dienone is 2. The number of nitrogens with zero attached hydrogens (tertiary/aromatic N) is 1. The summed E-state index contributed by atoms with van der Waals surface area (Å²) < 4.78 is 0. The molecule has 4 nitrogen and oxygen atoms in total. The second kappa shape index (κ2) is 8.30. The molecule has 0 aliphatic heterocycles. The Labute approximate surface area is 153 Å². The van der Waals surface area contributed by atoms with Gasteiger partial charge in [0.1, 0.15) is 0 Å². The molecule has 0 aliphatic rings. The molecule has 0 saturated heterocycles. The quantitative estimate of drug-likeness (QED) is 0.624. The molecule has 1 aromatic carbocycles. The van der Waals surface area contributed by atoms with Crippen molar-refractivity contribution in [3.8, 4) is 11.1 Å². The summed E-state index contributed by atoms with van der Waals surface area (Å²) in [6.45, 7) is 4.93. The molecular weight excluding hydrogens is 322 g/mol. The van der Waals surface area contributed by atoms with E-state index in [1.165, 1.54) is 5.57 Å². The third-order valence-corrected chi connectivity index (χ3v) is 4.14. The minimum atomic E-state index is -0.0878. The highest BCUT2D eigenvalue weighted by Gasteiger charge is 2.03. The third-order valence-electron chi connectivity index (χ3n) is 4.14. The van der Waals surface area contributed by atoms with Crippen molar-refractivity contribution >= 4 is 16.6 Å². The second-order valence-corrected chi connectivity index (χ2v) is 6.13. The van der Waals surface area contributed by atoms with E-state index in [1.54, 1.807) is 6.07 Å². The molecule has 3 aromatic rings. The summed E-state index contributed by atoms with van der Waals surface area (Å²) in [4.78, 5) is 18.6. The number of hydrogen-bond donors (Lipinski definition) is 2. The van der Waals surface area contributed by atoms with E-state index < -0.39 is 0 Å². The van der Waals surface area contributed by atoms with Crippen molar-refractivity contribution in [3.05, 3.63) is 82.9 Å². The molecule has 0 saturated carbocycles. The Morgan fingerprint density at radius 2 is 2.04 bits per heavy atom. The third kappa shape index (κ3) is 4.28. The van der Waals surface area contributed by atoms with Gasteiger partial charge in [-0.25, -0.2) is 0 Å². The Bertz CT molecular complexity index is 1020. The molecule has 132 valence electrons. The summed E-state index contributed by atoms with van der Waals surface area (Å²) in [5, 5.41) is 4.44. The van der Waals surface area contributed by atoms with E-state index in [1.807, 2.05) is 37.5 Å². The number of benzene rings is 1. The van der Waals surface area contributed by atoms with Gasteiger partial charge in [0.2, 0.25) is 5.56 Å². The average molecular weight is 345 g/mol. The van der Waals surface area contributed by atoms with Gasteiger partial charge in [0.05, 0.1) is 5.69 Å². The van der Waals surface area contributed by atoms with Gasteiger partial charge < -0.3 is 10.3 Å². The van der Waals surface area contributed by atoms with Gasteiger partial charge in [-0.3, -0.25) is 9.78 Å². The molecule has 0 radical (unpaired) electrons. The molecule has 0 fully saturated rings. The molecule has 26 heavy (non-hydrogen) atoms. The van der Waals surface area contributed by atoms with Gasteiger partial charge in [0.15, 0.2) is 0 Å². The first kappa shape index (κ1) is 17.7. The van der Waals surface area contributed by atoms with E-state index in [9.17, 15) is 4.79 Å². The smallest absolute Gasteiger partial charge is 0.248 e. The maximum absolute atomic E-state index is 11.4. The maximum Gasteiger partial charge on any atom is 0.248 e. The lowest BCUT2D eigenvalue weighted by Crippen LogP contribution is -2.04. The number of fused-ring (bicyclic) bond motifs is 1. The molecule has 2 heterocycles. The van der Waals surface area contributed by atoms with Crippen molar-refractivity contribution in [2.45, 2.75) is 20.3 Å². The van der Waals surface area contributed by atoms with Crippen LogP contribution in [0.25, 0.3) is 22.0 Å². The zero-order valence-corrected chi connectivity index (χ0v) is 15.1. The Hall–Kier alpha value is -3.14. The lowest BCUT2D eigenvalue weighted by atomic mass is 10.0. The van der Waals surface area contributed by atoms with Gasteiger partial charge in [-0.15, -0.1) is 0 Å². The maximum atomic E-state index is 11.4. The molecule has 0 bridgehead atoms. The van der Waals surface area contributed by atoms with Crippen molar-refractivity contribution in [3.63, 3.8) is 0 Å². The molecule has 2 N–H and O–H groups in total. The van der Waals surface area contributed by atoms with Gasteiger partial charge in [0, 0.05) is 36.1 Å². The number of pyridine rings is 2. The van der Waals surface area contributed by atoms with E-state index in [-0.39, 0.29) is 5.56 Å². The van der Waals surface area contributed by atoms with Crippen molar-refractivity contribution in [1.29, 1.82) is 0 Å². The molecule has 2 aromatic heterocycles. The van der Waals surface area contributed by atoms with Gasteiger partial charge >= 0.3 is 0 Å². The highest BCUT2D eigenvalue weighted by Crippen LogP contribution is 2.24. The summed E-state index contributed by atoms with van der Waals surface area (Å²) >= 11 is 0. The number of hydrogen-bond acceptors (Lipinski definition) is 3. The van der Waals surface area contributed by atoms with Crippen LogP contribution >= 0.6 is 0 Å². The minimum Gasteiger partial charge on any atom is -0.380 e. The van der Waals surface area contributed by atoms with Crippen LogP contribution in [0.4, 0.5) is 5.69 Å². The molecule has 0 amide bonds. The molecule has 0 unspecified atom stereocenters. The first-order valence-corrected chi connectivity index (χ1v) is 8.83. The Morgan fingerprint density at radius 3 is 2.85 bits per heavy atom. The zero-order chi connectivity index (χ0) is 18.4. The van der Waals surface area contributed by atoms with Crippen molar-refractivity contribution in [2.24, 2.45) is 0 Å². The van der Waals surface area contributed by atoms with Crippen LogP contribution in [-0.2, 0) is 0 Å². The first-order valence-electron chi connectivity index (χ1n) is 8.83. The largest absolute Gasteiger partial charge is 0.380 e. The fourth-order valence-electron chi connectivity index (χ4n) is 2.91. The summed E-state index contributed by atoms with van der Waals surface area (Å²) in [5.41, 5.74) is 5.10. The van der Waals surface area contributed by atoms with E-state index >= 15 is 0 Å². The van der Waals surface area contributed by atoms with Crippen LogP contribution in [0.3, 0.4) is 0 Å². The predicted molar refractivity (Wildman–Crippen MR) is 109 cm³/mol. The Kier molecular flexibility index (Phi) is 5.64. The molecular formula is C22H23N3O. The molecule has 4 heteroatoms. The summed E-state index contributed by atoms with van der Waals surface area (Å²) in [6.07, 6.45) is 11.1. The van der Waals surface area contributed by atoms with Crippen LogP contribution in [0.1, 0.15) is 20.3 Å². The lowest BCUT2D eigenvalue weighted by molar-refractivity contribution is 1.15. The van der Waals surface area contributed by atoms with E-state index in [0.717, 1.165) is 40.7 Å². The van der Waals surface area contributed by atoms with Gasteiger partial charge in [0.25, 0.3) is 0 Å². The number of nitrogens with one attached hydrogen (secondary N) is 2. The van der Waals surface area contributed by atoms with Gasteiger partial charge in [-0.05, 0) is 54.1 Å². The van der Waals surface area contributed by atoms with Crippen LogP contribution in [0.15, 0.2) is 77.4 Å². The van der Waals surface area contributed by atoms with Crippen molar-refractivity contribution < 1.29 is 0 Å². The van der Waals surface area contributed by atoms with Crippen LogP contribution in [0.2, 0.25) is 0 Å². The number of anilines is 1. The van der Waals surface area contributed by atoms with Crippen LogP contribution in [0.5, 0.6) is 0 Å². The summed E-state index contributed by atoms with van der Waals surface area (Å²) in [6, 6.07) is 11.5. The van der Waals surface area contributed by atoms with Crippen LogP contribution < -0.4 is 10.9 Å². The molecule has 0 spiro atoms. The highest BCUT2D eigenvalue weighted by atomic mass is 16.1. The number of aromatic amines is 1. The fraction of sp³-hybridized carbons (Fsp3) is 0.182. The monoisotopic (exact) mass is 345 g/mol. The Morgan fingerprint density at radius 1 is 1.15 bits per heavy atom. The number of aromatic nitrogens is 2. The standard InChI is InChI=1S/C22H23N3O/c1-3-5-16(6-4-2)13-24-20-12-19(14-23-15-20)17-7-9-21-18(11-17)8-10-22(26)25-21/h3,5-12,14-15,24H,4,13H2,1-2H3,(H,25,26)/b5-3-,16-6+. The Balaban J connectivity index is 1.84. The number of H-pyrrole nitrogens is 1. The van der Waals surface area contributed by atoms with Crippen molar-refractivity contribution in [1.82, 2.24) is 9.97 Å². The predicted octanol–water partition coefficient (Wildman–Crippen LogP) is 4.91. The molecule has 3 rings (SSSR count). The SMILES string of the molecule is C/C=C\C(=C/CC)CNc1cncc(-c2ccc3[nH]c(=O)ccc3c2)c1. The topological polar surface area (TPSA) is 57.8 Å². The highest BCUT2D eigenvalue weighted by molar-refractivity contribution is 5.84. The summed E-state index contributed by atoms with van der Waals surface area (Å²) in [5.74, 6) is 0. The van der Waals surface area contributed by atoms with Gasteiger partial charge in [-0.2, -0.15) is 0 Å². The molecule has 0 aliphatic carbocycles. The second-order valence-electron chi connectivity index (χ2n) is 6.13. The zero-order valence-electron chi connectivity index (χ0n) is 15.1. The fourth-order valence-corrected chi connectivity index (χ4v) is 2.91. The number of rotatable bonds is 6. The van der Waals surface area contributed by atoms with E-state index in [0.29, 0.717) is 0 Å².